The molecule has 1 unspecified atom stereocenters. The van der Waals surface area contributed by atoms with Crippen LogP contribution in [0.1, 0.15) is 87.2 Å². The van der Waals surface area contributed by atoms with Crippen LogP contribution in [0.15, 0.2) is 72.4 Å². The van der Waals surface area contributed by atoms with E-state index in [1.54, 1.807) is 17.4 Å². The first-order chi connectivity index (χ1) is 27.3. The molecule has 2 aliphatic carbocycles. The van der Waals surface area contributed by atoms with Crippen LogP contribution in [0.5, 0.6) is 0 Å². The minimum absolute atomic E-state index is 0.000524. The lowest BCUT2D eigenvalue weighted by atomic mass is 9.94. The van der Waals surface area contributed by atoms with Gasteiger partial charge < -0.3 is 29.6 Å². The van der Waals surface area contributed by atoms with Gasteiger partial charge in [0, 0.05) is 92.3 Å². The van der Waals surface area contributed by atoms with Gasteiger partial charge in [0.05, 0.1) is 24.4 Å². The lowest BCUT2D eigenvalue weighted by Gasteiger charge is -2.45. The molecule has 14 heteroatoms. The zero-order valence-corrected chi connectivity index (χ0v) is 35.3. The summed E-state index contributed by atoms with van der Waals surface area (Å²) in [7, 11) is 0. The fourth-order valence-electron chi connectivity index (χ4n) is 8.26. The van der Waals surface area contributed by atoms with E-state index in [-0.39, 0.29) is 24.0 Å². The van der Waals surface area contributed by atoms with Crippen LogP contribution in [0.2, 0.25) is 5.02 Å². The maximum absolute atomic E-state index is 14.4. The highest BCUT2D eigenvalue weighted by atomic mass is 79.9. The number of halogens is 2. The van der Waals surface area contributed by atoms with Crippen molar-refractivity contribution in [3.05, 3.63) is 99.8 Å². The van der Waals surface area contributed by atoms with E-state index in [0.717, 1.165) is 86.3 Å². The lowest BCUT2D eigenvalue weighted by Crippen LogP contribution is -2.64. The number of carbonyl (C=O) groups is 2. The van der Waals surface area contributed by atoms with Gasteiger partial charge in [-0.1, -0.05) is 43.9 Å². The van der Waals surface area contributed by atoms with E-state index in [9.17, 15) is 9.59 Å². The van der Waals surface area contributed by atoms with Gasteiger partial charge in [0.1, 0.15) is 6.04 Å². The van der Waals surface area contributed by atoms with Gasteiger partial charge in [-0.15, -0.1) is 0 Å². The van der Waals surface area contributed by atoms with Crippen LogP contribution in [0.3, 0.4) is 0 Å². The van der Waals surface area contributed by atoms with Gasteiger partial charge in [0.25, 0.3) is 0 Å². The summed E-state index contributed by atoms with van der Waals surface area (Å²) in [5, 5.41) is 7.29. The van der Waals surface area contributed by atoms with E-state index >= 15 is 0 Å². The Labute approximate surface area is 345 Å². The van der Waals surface area contributed by atoms with Crippen LogP contribution in [0, 0.1) is 0 Å². The normalized spacial score (nSPS) is 18.6. The molecule has 2 N–H and O–H groups in total. The van der Waals surface area contributed by atoms with Gasteiger partial charge in [-0.2, -0.15) is 0 Å². The van der Waals surface area contributed by atoms with Crippen molar-refractivity contribution in [2.75, 3.05) is 45.8 Å². The highest BCUT2D eigenvalue weighted by molar-refractivity contribution is 9.10. The van der Waals surface area contributed by atoms with Crippen LogP contribution < -0.4 is 10.6 Å². The molecule has 302 valence electrons. The van der Waals surface area contributed by atoms with Gasteiger partial charge in [0.15, 0.2) is 0 Å². The van der Waals surface area contributed by atoms with Crippen molar-refractivity contribution in [2.45, 2.75) is 103 Å². The van der Waals surface area contributed by atoms with E-state index in [1.165, 1.54) is 29.5 Å². The number of pyridine rings is 1. The number of urea groups is 1. The van der Waals surface area contributed by atoms with E-state index in [4.69, 9.17) is 16.6 Å². The third-order valence-corrected chi connectivity index (χ3v) is 11.9. The van der Waals surface area contributed by atoms with Crippen molar-refractivity contribution < 1.29 is 9.59 Å². The summed E-state index contributed by atoms with van der Waals surface area (Å²) in [5.41, 5.74) is 4.58. The molecular weight excluding hydrogens is 792 g/mol. The summed E-state index contributed by atoms with van der Waals surface area (Å²) < 4.78 is 5.08. The predicted molar refractivity (Wildman–Crippen MR) is 225 cm³/mol. The number of carbonyl (C=O) groups excluding carboxylic acids is 2. The average Bonchev–Trinajstić information content (AvgIpc) is 3.92. The van der Waals surface area contributed by atoms with Crippen molar-refractivity contribution in [1.29, 1.82) is 0 Å². The number of benzene rings is 1. The number of nitrogens with zero attached hydrogens (tertiary/aromatic N) is 8. The first-order valence-corrected chi connectivity index (χ1v) is 21.7. The first kappa shape index (κ1) is 41.8. The number of fused-ring (bicyclic) bond motifs is 2. The summed E-state index contributed by atoms with van der Waals surface area (Å²) in [6, 6.07) is 7.61. The molecule has 7 rings (SSSR count). The summed E-state index contributed by atoms with van der Waals surface area (Å²) >= 11 is 10.1. The van der Waals surface area contributed by atoms with Crippen molar-refractivity contribution in [1.82, 2.24) is 49.4 Å². The summed E-state index contributed by atoms with van der Waals surface area (Å²) in [4.78, 5) is 47.4. The maximum Gasteiger partial charge on any atom is 0.318 e. The molecule has 0 radical (unpaired) electrons. The second kappa shape index (κ2) is 21.1. The Kier molecular flexibility index (Phi) is 15.8. The number of hydrogen-bond acceptors (Lipinski definition) is 7. The minimum Gasteiger partial charge on any atom is -0.341 e. The number of piperazine rings is 1. The molecule has 1 saturated carbocycles. The van der Waals surface area contributed by atoms with Crippen LogP contribution in [-0.4, -0.2) is 109 Å². The van der Waals surface area contributed by atoms with E-state index < -0.39 is 6.04 Å². The first-order valence-electron chi connectivity index (χ1n) is 20.5. The molecule has 0 bridgehead atoms. The Hall–Kier alpha value is -3.78. The number of likely N-dealkylation sites (N-methyl/N-ethyl adjacent to an activating group) is 1. The third kappa shape index (κ3) is 11.2. The third-order valence-electron chi connectivity index (χ3n) is 11.2. The van der Waals surface area contributed by atoms with Crippen molar-refractivity contribution in [3.8, 4) is 0 Å². The van der Waals surface area contributed by atoms with Gasteiger partial charge in [0.2, 0.25) is 5.91 Å². The molecule has 0 spiro atoms. The quantitative estimate of drug-likeness (QED) is 0.144. The second-order valence-electron chi connectivity index (χ2n) is 15.0. The van der Waals surface area contributed by atoms with Gasteiger partial charge in [-0.3, -0.25) is 14.7 Å². The standard InChI is InChI=1S/C34H43BrClN7O2.C8H15N3/c1-2-41(15-6-14-40-16-13-37-23-40)33(44)30-22-42(17-18-43(30)34(45)39-28-7-4-3-5-8-28)32-29-12-11-27(36)20-24(29)9-10-25-19-26(35)21-38-31(25)32;1-2-9-4-3-6-11-7-5-10-8-11/h11-13,16,19-21,23,28,30,32H,2-10,14-15,17-18,22H2,1H3,(H,39,45);5,7-9H,2-4,6H2,1H3/t30-,32?;/m1./s1. The molecule has 1 saturated heterocycles. The average molecular weight is 850 g/mol. The van der Waals surface area contributed by atoms with Crippen LogP contribution in [-0.2, 0) is 30.7 Å². The number of aryl methyl sites for hydroxylation is 4. The summed E-state index contributed by atoms with van der Waals surface area (Å²) in [6.45, 7) is 10.9. The molecule has 4 heterocycles. The van der Waals surface area contributed by atoms with E-state index in [2.05, 4.69) is 71.1 Å². The highest BCUT2D eigenvalue weighted by Crippen LogP contribution is 2.38. The van der Waals surface area contributed by atoms with Gasteiger partial charge in [-0.05, 0) is 109 Å². The maximum atomic E-state index is 14.4. The fourth-order valence-corrected chi connectivity index (χ4v) is 8.83. The topological polar surface area (TPSA) is 116 Å². The summed E-state index contributed by atoms with van der Waals surface area (Å²) in [6.07, 6.45) is 22.2. The Bertz CT molecular complexity index is 1760. The van der Waals surface area contributed by atoms with Crippen LogP contribution in [0.25, 0.3) is 0 Å². The Balaban J connectivity index is 0.000000417. The number of hydrogen-bond donors (Lipinski definition) is 2. The van der Waals surface area contributed by atoms with Crippen molar-refractivity contribution in [3.63, 3.8) is 0 Å². The second-order valence-corrected chi connectivity index (χ2v) is 16.4. The molecular formula is C42H58BrClN10O2. The molecule has 12 nitrogen and oxygen atoms in total. The van der Waals surface area contributed by atoms with Gasteiger partial charge in [-0.25, -0.2) is 14.8 Å². The zero-order valence-electron chi connectivity index (χ0n) is 33.0. The Morgan fingerprint density at radius 2 is 1.68 bits per heavy atom. The van der Waals surface area contributed by atoms with Crippen LogP contribution >= 0.6 is 27.5 Å². The molecule has 2 atom stereocenters. The molecule has 1 aromatic carbocycles. The van der Waals surface area contributed by atoms with Crippen molar-refractivity contribution >= 4 is 39.5 Å². The van der Waals surface area contributed by atoms with Gasteiger partial charge >= 0.3 is 6.03 Å². The predicted octanol–water partition coefficient (Wildman–Crippen LogP) is 6.73. The van der Waals surface area contributed by atoms with E-state index in [1.807, 2.05) is 53.6 Å². The molecule has 1 aliphatic heterocycles. The molecule has 3 aromatic heterocycles. The molecule has 56 heavy (non-hydrogen) atoms. The molecule has 3 aliphatic rings. The van der Waals surface area contributed by atoms with Crippen LogP contribution in [0.4, 0.5) is 4.79 Å². The van der Waals surface area contributed by atoms with E-state index in [0.29, 0.717) is 32.7 Å². The number of imidazole rings is 2. The Morgan fingerprint density at radius 1 is 0.946 bits per heavy atom. The molecule has 2 fully saturated rings. The lowest BCUT2D eigenvalue weighted by molar-refractivity contribution is -0.138. The fraction of sp³-hybridized carbons (Fsp3) is 0.548. The Morgan fingerprint density at radius 3 is 2.38 bits per heavy atom. The smallest absolute Gasteiger partial charge is 0.318 e. The highest BCUT2D eigenvalue weighted by Gasteiger charge is 2.42. The number of rotatable bonds is 13. The number of aromatic nitrogens is 5. The summed E-state index contributed by atoms with van der Waals surface area (Å²) in [5.74, 6) is 0.000524. The number of nitrogens with one attached hydrogen (secondary N) is 2. The SMILES string of the molecule is CCN(CCCn1ccnc1)C(=O)[C@H]1CN(C2c3ccc(Cl)cc3CCc3cc(Br)cnc32)CCN1C(=O)NC1CCCCC1.CCNCCCn1ccnc1. The molecule has 4 aromatic rings. The van der Waals surface area contributed by atoms with Crippen molar-refractivity contribution in [2.24, 2.45) is 0 Å². The number of amides is 3. The molecule has 3 amide bonds. The minimum atomic E-state index is -0.603. The largest absolute Gasteiger partial charge is 0.341 e. The zero-order chi connectivity index (χ0) is 39.3. The monoisotopic (exact) mass is 848 g/mol.